The van der Waals surface area contributed by atoms with Gasteiger partial charge in [-0.05, 0) is 41.8 Å². The highest BCUT2D eigenvalue weighted by molar-refractivity contribution is 6.31. The maximum atomic E-state index is 6.36. The minimum atomic E-state index is 0.868. The first kappa shape index (κ1) is 22.2. The van der Waals surface area contributed by atoms with Gasteiger partial charge in [-0.2, -0.15) is 5.10 Å². The second-order valence-electron chi connectivity index (χ2n) is 9.06. The summed E-state index contributed by atoms with van der Waals surface area (Å²) >= 11 is 6.36. The van der Waals surface area contributed by atoms with Gasteiger partial charge < -0.3 is 4.57 Å². The molecule has 2 aromatic heterocycles. The monoisotopic (exact) mass is 461 g/mol. The SMILES string of the molecule is CCCCn1cc(-c2ccn[nH]2)c2cc(CN3CCN(Cc4ccccc4Cl)CC3)ccc21. The number of aromatic nitrogens is 3. The third kappa shape index (κ3) is 5.01. The van der Waals surface area contributed by atoms with Crippen molar-refractivity contribution in [2.24, 2.45) is 0 Å². The number of H-pyrrole nitrogens is 1. The Morgan fingerprint density at radius 2 is 1.76 bits per heavy atom. The predicted molar refractivity (Wildman–Crippen MR) is 136 cm³/mol. The first-order valence-corrected chi connectivity index (χ1v) is 12.4. The first-order chi connectivity index (χ1) is 16.2. The summed E-state index contributed by atoms with van der Waals surface area (Å²) in [6.45, 7) is 9.50. The topological polar surface area (TPSA) is 40.1 Å². The van der Waals surface area contributed by atoms with Crippen LogP contribution in [0.3, 0.4) is 0 Å². The van der Waals surface area contributed by atoms with Crippen molar-refractivity contribution in [3.8, 4) is 11.3 Å². The Morgan fingerprint density at radius 1 is 0.970 bits per heavy atom. The Hall–Kier alpha value is -2.60. The Bertz CT molecular complexity index is 1190. The van der Waals surface area contributed by atoms with Gasteiger partial charge in [-0.1, -0.05) is 49.2 Å². The van der Waals surface area contributed by atoms with Crippen LogP contribution < -0.4 is 0 Å². The Labute approximate surface area is 201 Å². The molecule has 1 aliphatic rings. The fourth-order valence-electron chi connectivity index (χ4n) is 4.81. The summed E-state index contributed by atoms with van der Waals surface area (Å²) in [5, 5.41) is 9.51. The molecular weight excluding hydrogens is 430 g/mol. The van der Waals surface area contributed by atoms with E-state index in [1.54, 1.807) is 0 Å². The van der Waals surface area contributed by atoms with Crippen molar-refractivity contribution in [1.29, 1.82) is 0 Å². The number of nitrogens with one attached hydrogen (secondary N) is 1. The lowest BCUT2D eigenvalue weighted by Gasteiger charge is -2.35. The van der Waals surface area contributed by atoms with Gasteiger partial charge in [-0.25, -0.2) is 0 Å². The molecule has 4 aromatic rings. The molecule has 6 heteroatoms. The molecule has 5 rings (SSSR count). The predicted octanol–water partition coefficient (Wildman–Crippen LogP) is 5.80. The van der Waals surface area contributed by atoms with Crippen molar-refractivity contribution in [3.05, 3.63) is 77.1 Å². The maximum Gasteiger partial charge on any atom is 0.0671 e. The molecule has 0 radical (unpaired) electrons. The first-order valence-electron chi connectivity index (χ1n) is 12.0. The van der Waals surface area contributed by atoms with Crippen LogP contribution in [-0.2, 0) is 19.6 Å². The molecule has 0 amide bonds. The van der Waals surface area contributed by atoms with Crippen LogP contribution in [0.15, 0.2) is 60.9 Å². The third-order valence-corrected chi connectivity index (χ3v) is 7.08. The Balaban J connectivity index is 1.29. The van der Waals surface area contributed by atoms with Gasteiger partial charge in [0, 0.05) is 79.7 Å². The fourth-order valence-corrected chi connectivity index (χ4v) is 5.00. The lowest BCUT2D eigenvalue weighted by Crippen LogP contribution is -2.45. The summed E-state index contributed by atoms with van der Waals surface area (Å²) in [4.78, 5) is 5.07. The molecule has 0 saturated carbocycles. The zero-order valence-electron chi connectivity index (χ0n) is 19.3. The largest absolute Gasteiger partial charge is 0.347 e. The van der Waals surface area contributed by atoms with Crippen LogP contribution in [0.4, 0.5) is 0 Å². The molecule has 172 valence electrons. The molecule has 1 fully saturated rings. The lowest BCUT2D eigenvalue weighted by atomic mass is 10.1. The van der Waals surface area contributed by atoms with E-state index in [0.29, 0.717) is 0 Å². The van der Waals surface area contributed by atoms with Crippen molar-refractivity contribution in [3.63, 3.8) is 0 Å². The fraction of sp³-hybridized carbons (Fsp3) is 0.370. The molecule has 2 aromatic carbocycles. The number of rotatable bonds is 8. The quantitative estimate of drug-likeness (QED) is 0.360. The number of hydrogen-bond donors (Lipinski definition) is 1. The van der Waals surface area contributed by atoms with Crippen LogP contribution >= 0.6 is 11.6 Å². The molecular formula is C27H32ClN5. The van der Waals surface area contributed by atoms with Crippen molar-refractivity contribution >= 4 is 22.5 Å². The Kier molecular flexibility index (Phi) is 6.81. The van der Waals surface area contributed by atoms with Crippen molar-refractivity contribution in [2.75, 3.05) is 26.2 Å². The number of benzene rings is 2. The summed E-state index contributed by atoms with van der Waals surface area (Å²) in [7, 11) is 0. The number of hydrogen-bond acceptors (Lipinski definition) is 3. The summed E-state index contributed by atoms with van der Waals surface area (Å²) in [5.74, 6) is 0. The molecule has 5 nitrogen and oxygen atoms in total. The van der Waals surface area contributed by atoms with Crippen molar-refractivity contribution in [2.45, 2.75) is 39.4 Å². The van der Waals surface area contributed by atoms with Crippen LogP contribution in [0.25, 0.3) is 22.2 Å². The van der Waals surface area contributed by atoms with E-state index in [9.17, 15) is 0 Å². The number of piperazine rings is 1. The van der Waals surface area contributed by atoms with E-state index in [2.05, 4.69) is 74.1 Å². The number of aromatic amines is 1. The van der Waals surface area contributed by atoms with Crippen LogP contribution in [0.5, 0.6) is 0 Å². The zero-order valence-corrected chi connectivity index (χ0v) is 20.1. The average Bonchev–Trinajstić information content (AvgIpc) is 3.48. The van der Waals surface area contributed by atoms with Crippen molar-refractivity contribution in [1.82, 2.24) is 24.6 Å². The minimum absolute atomic E-state index is 0.868. The molecule has 1 N–H and O–H groups in total. The van der Waals surface area contributed by atoms with E-state index in [4.69, 9.17) is 11.6 Å². The Morgan fingerprint density at radius 3 is 2.48 bits per heavy atom. The molecule has 3 heterocycles. The van der Waals surface area contributed by atoms with Crippen LogP contribution in [0.1, 0.15) is 30.9 Å². The molecule has 1 saturated heterocycles. The van der Waals surface area contributed by atoms with E-state index in [0.717, 1.165) is 56.5 Å². The summed E-state index contributed by atoms with van der Waals surface area (Å²) in [6, 6.07) is 17.2. The molecule has 0 aliphatic carbocycles. The maximum absolute atomic E-state index is 6.36. The molecule has 0 atom stereocenters. The highest BCUT2D eigenvalue weighted by atomic mass is 35.5. The zero-order chi connectivity index (χ0) is 22.6. The van der Waals surface area contributed by atoms with E-state index in [1.165, 1.54) is 40.4 Å². The average molecular weight is 462 g/mol. The molecule has 1 aliphatic heterocycles. The van der Waals surface area contributed by atoms with Crippen LogP contribution in [0, 0.1) is 0 Å². The van der Waals surface area contributed by atoms with Gasteiger partial charge in [0.25, 0.3) is 0 Å². The minimum Gasteiger partial charge on any atom is -0.347 e. The van der Waals surface area contributed by atoms with Crippen molar-refractivity contribution < 1.29 is 0 Å². The number of aryl methyl sites for hydroxylation is 1. The molecule has 0 unspecified atom stereocenters. The van der Waals surface area contributed by atoms with E-state index in [-0.39, 0.29) is 0 Å². The van der Waals surface area contributed by atoms with Gasteiger partial charge in [0.1, 0.15) is 0 Å². The van der Waals surface area contributed by atoms with E-state index >= 15 is 0 Å². The number of unbranched alkanes of at least 4 members (excludes halogenated alkanes) is 1. The number of fused-ring (bicyclic) bond motifs is 1. The van der Waals surface area contributed by atoms with Gasteiger partial charge in [0.2, 0.25) is 0 Å². The molecule has 33 heavy (non-hydrogen) atoms. The number of halogens is 1. The second kappa shape index (κ2) is 10.1. The third-order valence-electron chi connectivity index (χ3n) is 6.71. The highest BCUT2D eigenvalue weighted by Gasteiger charge is 2.19. The van der Waals surface area contributed by atoms with E-state index in [1.807, 2.05) is 18.3 Å². The van der Waals surface area contributed by atoms with Gasteiger partial charge >= 0.3 is 0 Å². The van der Waals surface area contributed by atoms with Gasteiger partial charge in [-0.15, -0.1) is 0 Å². The number of nitrogens with zero attached hydrogens (tertiary/aromatic N) is 4. The summed E-state index contributed by atoms with van der Waals surface area (Å²) < 4.78 is 2.40. The van der Waals surface area contributed by atoms with Crippen LogP contribution in [-0.4, -0.2) is 50.7 Å². The van der Waals surface area contributed by atoms with Gasteiger partial charge in [0.05, 0.1) is 5.69 Å². The normalized spacial score (nSPS) is 15.5. The van der Waals surface area contributed by atoms with Crippen LogP contribution in [0.2, 0.25) is 5.02 Å². The second-order valence-corrected chi connectivity index (χ2v) is 9.46. The van der Waals surface area contributed by atoms with Gasteiger partial charge in [0.15, 0.2) is 0 Å². The van der Waals surface area contributed by atoms with E-state index < -0.39 is 0 Å². The standard InChI is InChI=1S/C27H32ClN5/c1-2-3-12-33-20-24(26-10-11-29-30-26)23-17-21(8-9-27(23)33)18-31-13-15-32(16-14-31)19-22-6-4-5-7-25(22)28/h4-11,17,20H,2-3,12-16,18-19H2,1H3,(H,29,30). The molecule has 0 bridgehead atoms. The lowest BCUT2D eigenvalue weighted by molar-refractivity contribution is 0.122. The highest BCUT2D eigenvalue weighted by Crippen LogP contribution is 2.31. The summed E-state index contributed by atoms with van der Waals surface area (Å²) in [6.07, 6.45) is 6.49. The molecule has 0 spiro atoms. The van der Waals surface area contributed by atoms with Gasteiger partial charge in [-0.3, -0.25) is 14.9 Å². The summed E-state index contributed by atoms with van der Waals surface area (Å²) in [5.41, 5.74) is 6.22. The smallest absolute Gasteiger partial charge is 0.0671 e.